The summed E-state index contributed by atoms with van der Waals surface area (Å²) in [5.74, 6) is -0.142. The average Bonchev–Trinajstić information content (AvgIpc) is 2.52. The van der Waals surface area contributed by atoms with Crippen molar-refractivity contribution >= 4 is 11.8 Å². The zero-order valence-electron chi connectivity index (χ0n) is 16.4. The van der Waals surface area contributed by atoms with Crippen LogP contribution in [0.4, 0.5) is 0 Å². The predicted molar refractivity (Wildman–Crippen MR) is 102 cm³/mol. The van der Waals surface area contributed by atoms with Crippen molar-refractivity contribution in [2.24, 2.45) is 0 Å². The fraction of sp³-hybridized carbons (Fsp3) is 0.600. The Labute approximate surface area is 152 Å². The minimum atomic E-state index is -0.381. The van der Waals surface area contributed by atoms with E-state index in [1.54, 1.807) is 11.9 Å². The Morgan fingerprint density at radius 1 is 1.16 bits per heavy atom. The number of rotatable bonds is 8. The number of likely N-dealkylation sites (N-methyl/N-ethyl adjacent to an activating group) is 1. The van der Waals surface area contributed by atoms with Gasteiger partial charge in [0.1, 0.15) is 0 Å². The number of hydrogen-bond acceptors (Lipinski definition) is 3. The van der Waals surface area contributed by atoms with Gasteiger partial charge in [0.15, 0.2) is 0 Å². The summed E-state index contributed by atoms with van der Waals surface area (Å²) in [7, 11) is 1.80. The molecule has 2 unspecified atom stereocenters. The van der Waals surface area contributed by atoms with Crippen LogP contribution in [0.2, 0.25) is 0 Å². The molecule has 140 valence electrons. The smallest absolute Gasteiger partial charge is 0.237 e. The lowest BCUT2D eigenvalue weighted by Crippen LogP contribution is -2.50. The highest BCUT2D eigenvalue weighted by Gasteiger charge is 2.24. The highest BCUT2D eigenvalue weighted by molar-refractivity contribution is 5.83. The molecular formula is C20H33N3O2. The standard InChI is InChI=1S/C20H33N3O2/c1-7-11-17(16-12-9-8-10-13-16)21-19(25)15(2)23(6)14-18(24)22-20(3,4)5/h8-10,12-13,15,17H,7,11,14H2,1-6H3,(H,21,25)(H,22,24). The molecule has 0 aromatic heterocycles. The molecule has 5 heteroatoms. The molecule has 0 heterocycles. The third kappa shape index (κ3) is 7.69. The van der Waals surface area contributed by atoms with Gasteiger partial charge in [0, 0.05) is 5.54 Å². The molecule has 2 amide bonds. The summed E-state index contributed by atoms with van der Waals surface area (Å²) in [6, 6.07) is 9.62. The van der Waals surface area contributed by atoms with Crippen molar-refractivity contribution < 1.29 is 9.59 Å². The summed E-state index contributed by atoms with van der Waals surface area (Å²) in [6.07, 6.45) is 1.87. The van der Waals surface area contributed by atoms with Crippen LogP contribution in [0.25, 0.3) is 0 Å². The largest absolute Gasteiger partial charge is 0.350 e. The molecular weight excluding hydrogens is 314 g/mol. The van der Waals surface area contributed by atoms with E-state index in [0.717, 1.165) is 18.4 Å². The highest BCUT2D eigenvalue weighted by atomic mass is 16.2. The summed E-state index contributed by atoms with van der Waals surface area (Å²) in [6.45, 7) is 9.94. The first kappa shape index (κ1) is 21.2. The number of hydrogen-bond donors (Lipinski definition) is 2. The van der Waals surface area contributed by atoms with Crippen molar-refractivity contribution in [3.63, 3.8) is 0 Å². The number of nitrogens with zero attached hydrogens (tertiary/aromatic N) is 1. The second-order valence-corrected chi connectivity index (χ2v) is 7.65. The van der Waals surface area contributed by atoms with Crippen LogP contribution in [0, 0.1) is 0 Å². The predicted octanol–water partition coefficient (Wildman–Crippen LogP) is 2.88. The lowest BCUT2D eigenvalue weighted by atomic mass is 10.0. The van der Waals surface area contributed by atoms with Crippen LogP contribution in [0.1, 0.15) is 59.1 Å². The van der Waals surface area contributed by atoms with Gasteiger partial charge in [-0.15, -0.1) is 0 Å². The van der Waals surface area contributed by atoms with E-state index in [-0.39, 0.29) is 36.0 Å². The van der Waals surface area contributed by atoms with Crippen LogP contribution < -0.4 is 10.6 Å². The minimum Gasteiger partial charge on any atom is -0.350 e. The fourth-order valence-corrected chi connectivity index (χ4v) is 2.61. The number of carbonyl (C=O) groups is 2. The lowest BCUT2D eigenvalue weighted by molar-refractivity contribution is -0.128. The summed E-state index contributed by atoms with van der Waals surface area (Å²) in [4.78, 5) is 26.5. The summed E-state index contributed by atoms with van der Waals surface area (Å²) < 4.78 is 0. The first-order valence-corrected chi connectivity index (χ1v) is 9.00. The van der Waals surface area contributed by atoms with E-state index >= 15 is 0 Å². The van der Waals surface area contributed by atoms with Crippen LogP contribution in [0.5, 0.6) is 0 Å². The van der Waals surface area contributed by atoms with Crippen LogP contribution in [-0.4, -0.2) is 41.9 Å². The van der Waals surface area contributed by atoms with Gasteiger partial charge in [0.25, 0.3) is 0 Å². The quantitative estimate of drug-likeness (QED) is 0.760. The van der Waals surface area contributed by atoms with Crippen molar-refractivity contribution in [1.82, 2.24) is 15.5 Å². The molecule has 2 atom stereocenters. The van der Waals surface area contributed by atoms with Crippen LogP contribution >= 0.6 is 0 Å². The Morgan fingerprint density at radius 3 is 2.28 bits per heavy atom. The summed E-state index contributed by atoms with van der Waals surface area (Å²) >= 11 is 0. The van der Waals surface area contributed by atoms with E-state index in [9.17, 15) is 9.59 Å². The molecule has 0 aliphatic carbocycles. The molecule has 0 saturated carbocycles. The lowest BCUT2D eigenvalue weighted by Gasteiger charge is -2.28. The Hall–Kier alpha value is -1.88. The second-order valence-electron chi connectivity index (χ2n) is 7.65. The molecule has 1 aromatic carbocycles. The zero-order chi connectivity index (χ0) is 19.0. The van der Waals surface area contributed by atoms with Gasteiger partial charge in [-0.05, 0) is 46.7 Å². The molecule has 0 saturated heterocycles. The normalized spacial score (nSPS) is 14.0. The number of amides is 2. The van der Waals surface area contributed by atoms with Crippen LogP contribution in [-0.2, 0) is 9.59 Å². The van der Waals surface area contributed by atoms with Crippen molar-refractivity contribution in [1.29, 1.82) is 0 Å². The minimum absolute atomic E-state index is 0.00190. The summed E-state index contributed by atoms with van der Waals surface area (Å²) in [5.41, 5.74) is 0.834. The Balaban J connectivity index is 2.65. The van der Waals surface area contributed by atoms with Gasteiger partial charge in [-0.3, -0.25) is 14.5 Å². The molecule has 5 nitrogen and oxygen atoms in total. The van der Waals surface area contributed by atoms with Gasteiger partial charge >= 0.3 is 0 Å². The van der Waals surface area contributed by atoms with Crippen LogP contribution in [0.3, 0.4) is 0 Å². The maximum atomic E-state index is 12.6. The van der Waals surface area contributed by atoms with E-state index in [4.69, 9.17) is 0 Å². The second kappa shape index (κ2) is 9.56. The SMILES string of the molecule is CCCC(NC(=O)C(C)N(C)CC(=O)NC(C)(C)C)c1ccccc1. The van der Waals surface area contributed by atoms with E-state index < -0.39 is 0 Å². The van der Waals surface area contributed by atoms with Gasteiger partial charge in [-0.25, -0.2) is 0 Å². The molecule has 25 heavy (non-hydrogen) atoms. The molecule has 1 aromatic rings. The molecule has 0 aliphatic heterocycles. The molecule has 1 rings (SSSR count). The van der Waals surface area contributed by atoms with E-state index in [2.05, 4.69) is 17.6 Å². The third-order valence-corrected chi connectivity index (χ3v) is 4.04. The number of benzene rings is 1. The van der Waals surface area contributed by atoms with Gasteiger partial charge in [0.05, 0.1) is 18.6 Å². The first-order valence-electron chi connectivity index (χ1n) is 9.00. The molecule has 0 radical (unpaired) electrons. The first-order chi connectivity index (χ1) is 11.6. The number of carbonyl (C=O) groups excluding carboxylic acids is 2. The monoisotopic (exact) mass is 347 g/mol. The van der Waals surface area contributed by atoms with Crippen molar-refractivity contribution in [3.8, 4) is 0 Å². The Kier molecular flexibility index (Phi) is 8.10. The van der Waals surface area contributed by atoms with Gasteiger partial charge < -0.3 is 10.6 Å². The Bertz CT molecular complexity index is 552. The fourth-order valence-electron chi connectivity index (χ4n) is 2.61. The van der Waals surface area contributed by atoms with E-state index in [1.807, 2.05) is 58.0 Å². The molecule has 0 fully saturated rings. The Morgan fingerprint density at radius 2 is 1.76 bits per heavy atom. The number of nitrogens with one attached hydrogen (secondary N) is 2. The molecule has 0 spiro atoms. The van der Waals surface area contributed by atoms with E-state index in [1.165, 1.54) is 0 Å². The van der Waals surface area contributed by atoms with Crippen LogP contribution in [0.15, 0.2) is 30.3 Å². The molecule has 0 aliphatic rings. The van der Waals surface area contributed by atoms with Crippen molar-refractivity contribution in [3.05, 3.63) is 35.9 Å². The van der Waals surface area contributed by atoms with Gasteiger partial charge in [-0.2, -0.15) is 0 Å². The average molecular weight is 348 g/mol. The molecule has 0 bridgehead atoms. The topological polar surface area (TPSA) is 61.4 Å². The van der Waals surface area contributed by atoms with Gasteiger partial charge in [-0.1, -0.05) is 43.7 Å². The third-order valence-electron chi connectivity index (χ3n) is 4.04. The maximum Gasteiger partial charge on any atom is 0.237 e. The van der Waals surface area contributed by atoms with E-state index in [0.29, 0.717) is 0 Å². The molecule has 2 N–H and O–H groups in total. The van der Waals surface area contributed by atoms with Crippen molar-refractivity contribution in [2.75, 3.05) is 13.6 Å². The zero-order valence-corrected chi connectivity index (χ0v) is 16.4. The maximum absolute atomic E-state index is 12.6. The van der Waals surface area contributed by atoms with Crippen molar-refractivity contribution in [2.45, 2.75) is 65.1 Å². The highest BCUT2D eigenvalue weighted by Crippen LogP contribution is 2.18. The van der Waals surface area contributed by atoms with Gasteiger partial charge in [0.2, 0.25) is 11.8 Å². The summed E-state index contributed by atoms with van der Waals surface area (Å²) in [5, 5.41) is 6.04.